The van der Waals surface area contributed by atoms with Crippen molar-refractivity contribution in [3.8, 4) is 11.1 Å². The molecule has 3 aromatic rings. The van der Waals surface area contributed by atoms with Crippen LogP contribution in [-0.4, -0.2) is 18.2 Å². The van der Waals surface area contributed by atoms with Gasteiger partial charge in [-0.2, -0.15) is 0 Å². The van der Waals surface area contributed by atoms with Crippen LogP contribution in [0.1, 0.15) is 23.6 Å². The minimum atomic E-state index is -0.334. The number of aliphatic imine (C=N–C) groups is 1. The number of allylic oxidation sites excluding steroid dienone is 1. The van der Waals surface area contributed by atoms with Gasteiger partial charge in [-0.3, -0.25) is 4.99 Å². The molecule has 5 heteroatoms. The first-order valence-electron chi connectivity index (χ1n) is 8.84. The Kier molecular flexibility index (Phi) is 4.66. The second-order valence-electron chi connectivity index (χ2n) is 6.63. The topological polar surface area (TPSA) is 37.3 Å². The van der Waals surface area contributed by atoms with E-state index in [0.717, 1.165) is 39.8 Å². The highest BCUT2D eigenvalue weighted by atomic mass is 35.5. The Hall–Kier alpha value is -2.72. The Morgan fingerprint density at radius 2 is 2.00 bits per heavy atom. The SMILES string of the molecule is CNc1nc(C2C=NC=CC2)c(C)c2ccc(-c3ccc(Cl)cc3F)cc12. The monoisotopic (exact) mass is 379 g/mol. The van der Waals surface area contributed by atoms with E-state index in [9.17, 15) is 4.39 Å². The highest BCUT2D eigenvalue weighted by molar-refractivity contribution is 6.30. The molecule has 0 spiro atoms. The van der Waals surface area contributed by atoms with Gasteiger partial charge >= 0.3 is 0 Å². The number of hydrogen-bond acceptors (Lipinski definition) is 3. The van der Waals surface area contributed by atoms with E-state index in [-0.39, 0.29) is 11.7 Å². The van der Waals surface area contributed by atoms with Gasteiger partial charge < -0.3 is 5.32 Å². The zero-order valence-corrected chi connectivity index (χ0v) is 15.9. The number of nitrogens with one attached hydrogen (secondary N) is 1. The van der Waals surface area contributed by atoms with Crippen molar-refractivity contribution in [3.63, 3.8) is 0 Å². The molecule has 0 radical (unpaired) electrons. The molecular weight excluding hydrogens is 361 g/mol. The van der Waals surface area contributed by atoms with Gasteiger partial charge in [0.15, 0.2) is 0 Å². The molecule has 1 N–H and O–H groups in total. The van der Waals surface area contributed by atoms with Gasteiger partial charge in [0.1, 0.15) is 11.6 Å². The number of aromatic nitrogens is 1. The van der Waals surface area contributed by atoms with Gasteiger partial charge in [-0.05, 0) is 54.1 Å². The minimum Gasteiger partial charge on any atom is -0.373 e. The highest BCUT2D eigenvalue weighted by Crippen LogP contribution is 2.35. The Morgan fingerprint density at radius 3 is 2.70 bits per heavy atom. The predicted molar refractivity (Wildman–Crippen MR) is 111 cm³/mol. The van der Waals surface area contributed by atoms with Gasteiger partial charge in [0.25, 0.3) is 0 Å². The molecule has 3 nitrogen and oxygen atoms in total. The van der Waals surface area contributed by atoms with Crippen LogP contribution in [-0.2, 0) is 0 Å². The second kappa shape index (κ2) is 7.12. The summed E-state index contributed by atoms with van der Waals surface area (Å²) in [5, 5.41) is 5.65. The summed E-state index contributed by atoms with van der Waals surface area (Å²) in [6.07, 6.45) is 6.71. The number of fused-ring (bicyclic) bond motifs is 1. The van der Waals surface area contributed by atoms with E-state index < -0.39 is 0 Å². The number of hydrogen-bond donors (Lipinski definition) is 1. The smallest absolute Gasteiger partial charge is 0.133 e. The van der Waals surface area contributed by atoms with Gasteiger partial charge in [-0.25, -0.2) is 9.37 Å². The third-order valence-electron chi connectivity index (χ3n) is 4.97. The van der Waals surface area contributed by atoms with Crippen molar-refractivity contribution < 1.29 is 4.39 Å². The molecule has 1 aliphatic rings. The molecule has 0 fully saturated rings. The van der Waals surface area contributed by atoms with E-state index >= 15 is 0 Å². The molecule has 0 amide bonds. The van der Waals surface area contributed by atoms with E-state index in [0.29, 0.717) is 10.6 Å². The van der Waals surface area contributed by atoms with Crippen LogP contribution in [0.4, 0.5) is 10.2 Å². The van der Waals surface area contributed by atoms with Crippen LogP contribution in [0.3, 0.4) is 0 Å². The van der Waals surface area contributed by atoms with E-state index in [1.165, 1.54) is 6.07 Å². The average Bonchev–Trinajstić information content (AvgIpc) is 2.69. The van der Waals surface area contributed by atoms with Crippen LogP contribution in [0.25, 0.3) is 21.9 Å². The molecule has 2 aromatic carbocycles. The minimum absolute atomic E-state index is 0.167. The lowest BCUT2D eigenvalue weighted by Gasteiger charge is -2.19. The summed E-state index contributed by atoms with van der Waals surface area (Å²) >= 11 is 5.88. The number of rotatable bonds is 3. The fraction of sp³-hybridized carbons (Fsp3) is 0.182. The van der Waals surface area contributed by atoms with E-state index in [1.54, 1.807) is 12.1 Å². The third kappa shape index (κ3) is 3.21. The predicted octanol–water partition coefficient (Wildman–Crippen LogP) is 6.12. The van der Waals surface area contributed by atoms with Crippen molar-refractivity contribution in [3.05, 3.63) is 70.8 Å². The number of benzene rings is 2. The molecular formula is C22H19ClFN3. The molecule has 27 heavy (non-hydrogen) atoms. The zero-order chi connectivity index (χ0) is 19.0. The molecule has 2 heterocycles. The molecule has 0 aliphatic carbocycles. The van der Waals surface area contributed by atoms with Gasteiger partial charge in [0.05, 0.1) is 5.69 Å². The summed E-state index contributed by atoms with van der Waals surface area (Å²) in [7, 11) is 1.85. The fourth-order valence-corrected chi connectivity index (χ4v) is 3.74. The van der Waals surface area contributed by atoms with Crippen LogP contribution >= 0.6 is 11.6 Å². The maximum Gasteiger partial charge on any atom is 0.133 e. The molecule has 0 bridgehead atoms. The van der Waals surface area contributed by atoms with Gasteiger partial charge in [0.2, 0.25) is 0 Å². The van der Waals surface area contributed by atoms with Crippen molar-refractivity contribution in [2.75, 3.05) is 12.4 Å². The normalized spacial score (nSPS) is 16.1. The molecule has 0 saturated heterocycles. The summed E-state index contributed by atoms with van der Waals surface area (Å²) in [5.74, 6) is 0.615. The third-order valence-corrected chi connectivity index (χ3v) is 5.21. The molecule has 4 rings (SSSR count). The number of aryl methyl sites for hydroxylation is 1. The van der Waals surface area contributed by atoms with Crippen molar-refractivity contribution in [2.24, 2.45) is 4.99 Å². The van der Waals surface area contributed by atoms with Gasteiger partial charge in [0, 0.05) is 41.4 Å². The van der Waals surface area contributed by atoms with Crippen LogP contribution in [0.15, 0.2) is 53.7 Å². The lowest BCUT2D eigenvalue weighted by molar-refractivity contribution is 0.631. The number of pyridine rings is 1. The summed E-state index contributed by atoms with van der Waals surface area (Å²) in [6.45, 7) is 2.08. The van der Waals surface area contributed by atoms with Crippen LogP contribution in [0.5, 0.6) is 0 Å². The van der Waals surface area contributed by atoms with Gasteiger partial charge in [-0.1, -0.05) is 29.8 Å². The maximum absolute atomic E-state index is 14.4. The van der Waals surface area contributed by atoms with Crippen LogP contribution in [0.2, 0.25) is 5.02 Å². The summed E-state index contributed by atoms with van der Waals surface area (Å²) in [6, 6.07) is 10.7. The molecule has 0 saturated carbocycles. The van der Waals surface area contributed by atoms with Crippen LogP contribution in [0, 0.1) is 12.7 Å². The molecule has 1 aromatic heterocycles. The van der Waals surface area contributed by atoms with E-state index in [2.05, 4.69) is 23.3 Å². The first-order chi connectivity index (χ1) is 13.1. The van der Waals surface area contributed by atoms with Gasteiger partial charge in [-0.15, -0.1) is 0 Å². The largest absolute Gasteiger partial charge is 0.373 e. The van der Waals surface area contributed by atoms with Crippen molar-refractivity contribution in [1.29, 1.82) is 0 Å². The van der Waals surface area contributed by atoms with Crippen molar-refractivity contribution in [2.45, 2.75) is 19.3 Å². The Morgan fingerprint density at radius 1 is 1.15 bits per heavy atom. The average molecular weight is 380 g/mol. The van der Waals surface area contributed by atoms with Crippen molar-refractivity contribution in [1.82, 2.24) is 4.98 Å². The fourth-order valence-electron chi connectivity index (χ4n) is 3.58. The van der Waals surface area contributed by atoms with E-state index in [1.807, 2.05) is 37.7 Å². The van der Waals surface area contributed by atoms with E-state index in [4.69, 9.17) is 16.6 Å². The lowest BCUT2D eigenvalue weighted by Crippen LogP contribution is -2.09. The molecule has 136 valence electrons. The standard InChI is InChI=1S/C22H19ClFN3/c1-13-17-7-5-14(18-8-6-16(23)11-20(18)24)10-19(17)22(25-2)27-21(13)15-4-3-9-26-12-15/h3,5-12,15H,4H2,1-2H3,(H,25,27). The summed E-state index contributed by atoms with van der Waals surface area (Å²) in [4.78, 5) is 9.13. The Labute approximate surface area is 162 Å². The second-order valence-corrected chi connectivity index (χ2v) is 7.07. The van der Waals surface area contributed by atoms with Crippen molar-refractivity contribution >= 4 is 34.4 Å². The Bertz CT molecular complexity index is 1090. The number of nitrogens with zero attached hydrogens (tertiary/aromatic N) is 2. The maximum atomic E-state index is 14.4. The summed E-state index contributed by atoms with van der Waals surface area (Å²) < 4.78 is 14.4. The van der Waals surface area contributed by atoms with Crippen LogP contribution < -0.4 is 5.32 Å². The number of halogens is 2. The molecule has 1 unspecified atom stereocenters. The molecule has 1 aliphatic heterocycles. The quantitative estimate of drug-likeness (QED) is 0.595. The summed E-state index contributed by atoms with van der Waals surface area (Å²) in [5.41, 5.74) is 3.46. The zero-order valence-electron chi connectivity index (χ0n) is 15.1. The first-order valence-corrected chi connectivity index (χ1v) is 9.22. The molecule has 1 atom stereocenters. The Balaban J connectivity index is 1.89. The number of anilines is 1. The highest BCUT2D eigenvalue weighted by Gasteiger charge is 2.19. The first kappa shape index (κ1) is 17.7. The lowest BCUT2D eigenvalue weighted by atomic mass is 9.92.